The van der Waals surface area contributed by atoms with E-state index in [2.05, 4.69) is 15.2 Å². The zero-order valence-corrected chi connectivity index (χ0v) is 11.7. The normalized spacial score (nSPS) is 15.9. The molecule has 0 saturated carbocycles. The maximum absolute atomic E-state index is 13.0. The predicted octanol–water partition coefficient (Wildman–Crippen LogP) is 1.83. The first-order valence-electron chi connectivity index (χ1n) is 6.34. The van der Waals surface area contributed by atoms with Gasteiger partial charge in [-0.2, -0.15) is 0 Å². The number of carboxylic acids is 1. The number of carbonyl (C=O) groups is 1. The number of aromatic nitrogens is 3. The van der Waals surface area contributed by atoms with Gasteiger partial charge in [0.05, 0.1) is 12.2 Å². The van der Waals surface area contributed by atoms with Crippen molar-refractivity contribution >= 4 is 17.6 Å². The van der Waals surface area contributed by atoms with E-state index in [1.807, 2.05) is 0 Å². The zero-order chi connectivity index (χ0) is 15.0. The molecule has 1 aromatic heterocycles. The Bertz CT molecular complexity index is 685. The SMILES string of the molecule is O=C(O)c1cn(C2CN(Cc3ccc(F)cc3Cl)C2)nn1. The molecule has 1 fully saturated rings. The molecule has 0 unspecified atom stereocenters. The standard InChI is InChI=1S/C13H12ClFN4O2/c14-11-3-9(15)2-1-8(11)4-18-5-10(6-18)19-7-12(13(20)21)16-17-19/h1-3,7,10H,4-6H2,(H,20,21). The van der Waals surface area contributed by atoms with Gasteiger partial charge in [-0.3, -0.25) is 4.90 Å². The molecule has 0 bridgehead atoms. The van der Waals surface area contributed by atoms with Gasteiger partial charge in [0.2, 0.25) is 0 Å². The lowest BCUT2D eigenvalue weighted by Gasteiger charge is -2.39. The first-order chi connectivity index (χ1) is 10.0. The minimum Gasteiger partial charge on any atom is -0.476 e. The molecule has 1 saturated heterocycles. The molecule has 110 valence electrons. The van der Waals surface area contributed by atoms with E-state index in [1.165, 1.54) is 18.3 Å². The molecule has 1 N–H and O–H groups in total. The van der Waals surface area contributed by atoms with E-state index in [4.69, 9.17) is 16.7 Å². The first kappa shape index (κ1) is 14.0. The molecular formula is C13H12ClFN4O2. The van der Waals surface area contributed by atoms with E-state index in [1.54, 1.807) is 10.7 Å². The predicted molar refractivity (Wildman–Crippen MR) is 72.7 cm³/mol. The molecule has 2 aromatic rings. The Balaban J connectivity index is 1.59. The summed E-state index contributed by atoms with van der Waals surface area (Å²) in [4.78, 5) is 12.9. The van der Waals surface area contributed by atoms with Gasteiger partial charge in [-0.1, -0.05) is 22.9 Å². The highest BCUT2D eigenvalue weighted by Gasteiger charge is 2.30. The number of halogens is 2. The molecule has 1 aliphatic rings. The van der Waals surface area contributed by atoms with Gasteiger partial charge in [-0.05, 0) is 17.7 Å². The fraction of sp³-hybridized carbons (Fsp3) is 0.308. The van der Waals surface area contributed by atoms with E-state index in [-0.39, 0.29) is 17.6 Å². The van der Waals surface area contributed by atoms with Crippen LogP contribution in [-0.4, -0.2) is 44.1 Å². The molecule has 21 heavy (non-hydrogen) atoms. The molecule has 0 aliphatic carbocycles. The second-order valence-electron chi connectivity index (χ2n) is 4.97. The molecule has 1 aliphatic heterocycles. The van der Waals surface area contributed by atoms with Crippen LogP contribution in [0.25, 0.3) is 0 Å². The van der Waals surface area contributed by atoms with E-state index in [0.29, 0.717) is 11.6 Å². The van der Waals surface area contributed by atoms with Crippen molar-refractivity contribution < 1.29 is 14.3 Å². The average molecular weight is 311 g/mol. The number of benzene rings is 1. The summed E-state index contributed by atoms with van der Waals surface area (Å²) in [6.07, 6.45) is 1.43. The quantitative estimate of drug-likeness (QED) is 0.933. The lowest BCUT2D eigenvalue weighted by Crippen LogP contribution is -2.47. The van der Waals surface area contributed by atoms with Crippen LogP contribution in [-0.2, 0) is 6.54 Å². The summed E-state index contributed by atoms with van der Waals surface area (Å²) < 4.78 is 14.5. The third kappa shape index (κ3) is 2.88. The van der Waals surface area contributed by atoms with Gasteiger partial charge >= 0.3 is 5.97 Å². The Morgan fingerprint density at radius 3 is 2.86 bits per heavy atom. The molecule has 0 amide bonds. The maximum Gasteiger partial charge on any atom is 0.358 e. The number of carboxylic acid groups (broad SMARTS) is 1. The Labute approximate surface area is 124 Å². The van der Waals surface area contributed by atoms with Crippen LogP contribution in [0.2, 0.25) is 5.02 Å². The van der Waals surface area contributed by atoms with Crippen molar-refractivity contribution in [1.29, 1.82) is 0 Å². The van der Waals surface area contributed by atoms with Crippen molar-refractivity contribution in [2.75, 3.05) is 13.1 Å². The van der Waals surface area contributed by atoms with Crippen LogP contribution in [0, 0.1) is 5.82 Å². The largest absolute Gasteiger partial charge is 0.476 e. The summed E-state index contributed by atoms with van der Waals surface area (Å²) in [5.74, 6) is -1.44. The molecule has 8 heteroatoms. The number of aromatic carboxylic acids is 1. The minimum absolute atomic E-state index is 0.0602. The Hall–Kier alpha value is -1.99. The molecule has 0 spiro atoms. The van der Waals surface area contributed by atoms with Gasteiger partial charge in [-0.25, -0.2) is 13.9 Å². The summed E-state index contributed by atoms with van der Waals surface area (Å²) in [6.45, 7) is 2.06. The first-order valence-corrected chi connectivity index (χ1v) is 6.72. The average Bonchev–Trinajstić information content (AvgIpc) is 2.84. The number of hydrogen-bond donors (Lipinski definition) is 1. The van der Waals surface area contributed by atoms with E-state index in [0.717, 1.165) is 18.7 Å². The highest BCUT2D eigenvalue weighted by molar-refractivity contribution is 6.31. The van der Waals surface area contributed by atoms with Crippen LogP contribution in [0.4, 0.5) is 4.39 Å². The summed E-state index contributed by atoms with van der Waals surface area (Å²) in [6, 6.07) is 4.45. The molecule has 0 radical (unpaired) electrons. The lowest BCUT2D eigenvalue weighted by molar-refractivity contribution is 0.0690. The molecule has 3 rings (SSSR count). The second kappa shape index (κ2) is 5.42. The fourth-order valence-corrected chi connectivity index (χ4v) is 2.51. The molecule has 1 aromatic carbocycles. The van der Waals surface area contributed by atoms with Crippen LogP contribution in [0.3, 0.4) is 0 Å². The third-order valence-corrected chi connectivity index (χ3v) is 3.80. The topological polar surface area (TPSA) is 71.2 Å². The van der Waals surface area contributed by atoms with Gasteiger partial charge in [0.15, 0.2) is 5.69 Å². The second-order valence-corrected chi connectivity index (χ2v) is 5.38. The molecule has 0 atom stereocenters. The molecule has 6 nitrogen and oxygen atoms in total. The Morgan fingerprint density at radius 1 is 1.48 bits per heavy atom. The summed E-state index contributed by atoms with van der Waals surface area (Å²) in [5, 5.41) is 16.6. The van der Waals surface area contributed by atoms with Gasteiger partial charge in [-0.15, -0.1) is 5.10 Å². The Kier molecular flexibility index (Phi) is 3.60. The smallest absolute Gasteiger partial charge is 0.358 e. The Morgan fingerprint density at radius 2 is 2.24 bits per heavy atom. The zero-order valence-electron chi connectivity index (χ0n) is 10.9. The third-order valence-electron chi connectivity index (χ3n) is 3.45. The number of nitrogens with zero attached hydrogens (tertiary/aromatic N) is 4. The number of rotatable bonds is 4. The maximum atomic E-state index is 13.0. The highest BCUT2D eigenvalue weighted by Crippen LogP contribution is 2.25. The van der Waals surface area contributed by atoms with Crippen LogP contribution >= 0.6 is 11.6 Å². The van der Waals surface area contributed by atoms with Crippen molar-refractivity contribution in [2.24, 2.45) is 0 Å². The van der Waals surface area contributed by atoms with E-state index >= 15 is 0 Å². The van der Waals surface area contributed by atoms with E-state index < -0.39 is 5.97 Å². The van der Waals surface area contributed by atoms with Crippen LogP contribution < -0.4 is 0 Å². The summed E-state index contributed by atoms with van der Waals surface area (Å²) >= 11 is 5.99. The lowest BCUT2D eigenvalue weighted by atomic mass is 10.1. The fourth-order valence-electron chi connectivity index (χ4n) is 2.28. The number of likely N-dealkylation sites (tertiary alicyclic amines) is 1. The van der Waals surface area contributed by atoms with Gasteiger partial charge in [0, 0.05) is 24.7 Å². The van der Waals surface area contributed by atoms with Gasteiger partial charge in [0.1, 0.15) is 5.82 Å². The minimum atomic E-state index is -1.09. The van der Waals surface area contributed by atoms with Crippen molar-refractivity contribution in [3.05, 3.63) is 46.5 Å². The van der Waals surface area contributed by atoms with Crippen molar-refractivity contribution in [3.63, 3.8) is 0 Å². The molecule has 2 heterocycles. The van der Waals surface area contributed by atoms with Crippen molar-refractivity contribution in [3.8, 4) is 0 Å². The number of hydrogen-bond acceptors (Lipinski definition) is 4. The van der Waals surface area contributed by atoms with Crippen LogP contribution in [0.1, 0.15) is 22.1 Å². The summed E-state index contributed by atoms with van der Waals surface area (Å²) in [7, 11) is 0. The van der Waals surface area contributed by atoms with Gasteiger partial charge in [0.25, 0.3) is 0 Å². The highest BCUT2D eigenvalue weighted by atomic mass is 35.5. The molecular weight excluding hydrogens is 299 g/mol. The summed E-state index contributed by atoms with van der Waals surface area (Å²) in [5.41, 5.74) is 0.802. The van der Waals surface area contributed by atoms with Crippen LogP contribution in [0.5, 0.6) is 0 Å². The van der Waals surface area contributed by atoms with Crippen molar-refractivity contribution in [1.82, 2.24) is 19.9 Å². The van der Waals surface area contributed by atoms with Gasteiger partial charge < -0.3 is 5.11 Å². The van der Waals surface area contributed by atoms with Crippen LogP contribution in [0.15, 0.2) is 24.4 Å². The van der Waals surface area contributed by atoms with E-state index in [9.17, 15) is 9.18 Å². The van der Waals surface area contributed by atoms with Crippen molar-refractivity contribution in [2.45, 2.75) is 12.6 Å². The monoisotopic (exact) mass is 310 g/mol.